The van der Waals surface area contributed by atoms with E-state index in [0.717, 1.165) is 24.1 Å². The van der Waals surface area contributed by atoms with Crippen molar-refractivity contribution in [2.75, 3.05) is 18.4 Å². The highest BCUT2D eigenvalue weighted by Crippen LogP contribution is 2.21. The molecule has 0 bridgehead atoms. The summed E-state index contributed by atoms with van der Waals surface area (Å²) in [4.78, 5) is 8.89. The van der Waals surface area contributed by atoms with Crippen molar-refractivity contribution in [1.82, 2.24) is 15.3 Å². The van der Waals surface area contributed by atoms with Crippen molar-refractivity contribution in [3.63, 3.8) is 0 Å². The van der Waals surface area contributed by atoms with Crippen LogP contribution in [0.4, 0.5) is 5.82 Å². The Balaban J connectivity index is 1.74. The van der Waals surface area contributed by atoms with Gasteiger partial charge in [-0.2, -0.15) is 0 Å². The van der Waals surface area contributed by atoms with E-state index in [1.54, 1.807) is 0 Å². The first kappa shape index (κ1) is 12.6. The van der Waals surface area contributed by atoms with Gasteiger partial charge in [-0.3, -0.25) is 0 Å². The Morgan fingerprint density at radius 2 is 2.00 bits per heavy atom. The average Bonchev–Trinajstić information content (AvgIpc) is 2.46. The van der Waals surface area contributed by atoms with Gasteiger partial charge in [-0.05, 0) is 31.5 Å². The highest BCUT2D eigenvalue weighted by molar-refractivity contribution is 6.32. The van der Waals surface area contributed by atoms with Crippen molar-refractivity contribution < 1.29 is 0 Å². The molecule has 2 N–H and O–H groups in total. The lowest BCUT2D eigenvalue weighted by atomic mass is 10.1. The van der Waals surface area contributed by atoms with E-state index in [1.807, 2.05) is 24.3 Å². The van der Waals surface area contributed by atoms with Gasteiger partial charge in [0.15, 0.2) is 11.0 Å². The lowest BCUT2D eigenvalue weighted by molar-refractivity contribution is 0.414. The molecule has 4 nitrogen and oxygen atoms in total. The fourth-order valence-corrected chi connectivity index (χ4v) is 2.61. The van der Waals surface area contributed by atoms with Crippen molar-refractivity contribution in [3.8, 4) is 0 Å². The minimum atomic E-state index is 0.439. The van der Waals surface area contributed by atoms with Gasteiger partial charge in [0.05, 0.1) is 11.0 Å². The first-order chi connectivity index (χ1) is 9.33. The number of benzene rings is 1. The van der Waals surface area contributed by atoms with Gasteiger partial charge in [-0.25, -0.2) is 9.97 Å². The van der Waals surface area contributed by atoms with E-state index in [9.17, 15) is 0 Å². The highest BCUT2D eigenvalue weighted by atomic mass is 35.5. The predicted molar refractivity (Wildman–Crippen MR) is 78.7 cm³/mol. The average molecular weight is 277 g/mol. The molecule has 1 aliphatic rings. The van der Waals surface area contributed by atoms with Crippen molar-refractivity contribution in [2.45, 2.75) is 25.3 Å². The molecular formula is C14H17ClN4. The second-order valence-corrected chi connectivity index (χ2v) is 5.24. The van der Waals surface area contributed by atoms with E-state index >= 15 is 0 Å². The van der Waals surface area contributed by atoms with Crippen LogP contribution >= 0.6 is 11.6 Å². The summed E-state index contributed by atoms with van der Waals surface area (Å²) in [6.07, 6.45) is 3.76. The molecule has 1 aromatic carbocycles. The lowest BCUT2D eigenvalue weighted by Crippen LogP contribution is -2.39. The van der Waals surface area contributed by atoms with E-state index in [2.05, 4.69) is 20.6 Å². The first-order valence-electron chi connectivity index (χ1n) is 6.72. The highest BCUT2D eigenvalue weighted by Gasteiger charge is 2.13. The number of aromatic nitrogens is 2. The summed E-state index contributed by atoms with van der Waals surface area (Å²) in [6, 6.07) is 8.26. The molecule has 0 saturated carbocycles. The standard InChI is InChI=1S/C14H17ClN4/c15-13-14(17-9-10-5-3-4-8-16-10)19-12-7-2-1-6-11(12)18-13/h1-2,6-7,10,16H,3-5,8-9H2,(H,17,19). The normalized spacial score (nSPS) is 19.5. The fraction of sp³-hybridized carbons (Fsp3) is 0.429. The van der Waals surface area contributed by atoms with Gasteiger partial charge in [0.2, 0.25) is 0 Å². The summed E-state index contributed by atoms with van der Waals surface area (Å²) in [6.45, 7) is 1.94. The summed E-state index contributed by atoms with van der Waals surface area (Å²) in [7, 11) is 0. The summed E-state index contributed by atoms with van der Waals surface area (Å²) >= 11 is 6.16. The fourth-order valence-electron chi connectivity index (χ4n) is 2.41. The number of hydrogen-bond donors (Lipinski definition) is 2. The predicted octanol–water partition coefficient (Wildman–Crippen LogP) is 2.84. The molecule has 0 aliphatic carbocycles. The van der Waals surface area contributed by atoms with Crippen LogP contribution in [0.15, 0.2) is 24.3 Å². The van der Waals surface area contributed by atoms with E-state index < -0.39 is 0 Å². The summed E-state index contributed by atoms with van der Waals surface area (Å²) in [5.74, 6) is 0.674. The van der Waals surface area contributed by atoms with Crippen LogP contribution in [0.5, 0.6) is 0 Å². The maximum atomic E-state index is 6.16. The Morgan fingerprint density at radius 3 is 2.74 bits per heavy atom. The van der Waals surface area contributed by atoms with E-state index in [4.69, 9.17) is 11.6 Å². The molecule has 0 spiro atoms. The molecule has 0 amide bonds. The molecule has 3 rings (SSSR count). The van der Waals surface area contributed by atoms with Gasteiger partial charge in [0.1, 0.15) is 0 Å². The van der Waals surface area contributed by atoms with Crippen LogP contribution in [0.1, 0.15) is 19.3 Å². The summed E-state index contributed by atoms with van der Waals surface area (Å²) in [5, 5.41) is 7.24. The number of fused-ring (bicyclic) bond motifs is 1. The minimum Gasteiger partial charge on any atom is -0.366 e. The Labute approximate surface area is 117 Å². The summed E-state index contributed by atoms with van der Waals surface area (Å²) in [5.41, 5.74) is 1.69. The third-order valence-electron chi connectivity index (χ3n) is 3.46. The van der Waals surface area contributed by atoms with Gasteiger partial charge >= 0.3 is 0 Å². The van der Waals surface area contributed by atoms with E-state index in [1.165, 1.54) is 19.3 Å². The second kappa shape index (κ2) is 5.72. The van der Waals surface area contributed by atoms with Crippen molar-refractivity contribution >= 4 is 28.5 Å². The van der Waals surface area contributed by atoms with Gasteiger partial charge in [0, 0.05) is 12.6 Å². The van der Waals surface area contributed by atoms with Crippen LogP contribution in [0.2, 0.25) is 5.15 Å². The second-order valence-electron chi connectivity index (χ2n) is 4.88. The Kier molecular flexibility index (Phi) is 3.80. The third-order valence-corrected chi connectivity index (χ3v) is 3.72. The number of nitrogens with zero attached hydrogens (tertiary/aromatic N) is 2. The Morgan fingerprint density at radius 1 is 1.21 bits per heavy atom. The number of halogens is 1. The zero-order valence-corrected chi connectivity index (χ0v) is 11.5. The number of piperidine rings is 1. The van der Waals surface area contributed by atoms with Crippen molar-refractivity contribution in [3.05, 3.63) is 29.4 Å². The van der Waals surface area contributed by atoms with Crippen molar-refractivity contribution in [2.24, 2.45) is 0 Å². The van der Waals surface area contributed by atoms with Crippen molar-refractivity contribution in [1.29, 1.82) is 0 Å². The van der Waals surface area contributed by atoms with Crippen LogP contribution in [0.3, 0.4) is 0 Å². The molecule has 1 saturated heterocycles. The molecule has 1 unspecified atom stereocenters. The molecule has 1 fully saturated rings. The SMILES string of the molecule is Clc1nc2ccccc2nc1NCC1CCCCN1. The molecule has 100 valence electrons. The monoisotopic (exact) mass is 276 g/mol. The topological polar surface area (TPSA) is 49.8 Å². The van der Waals surface area contributed by atoms with Gasteiger partial charge in [0.25, 0.3) is 0 Å². The molecular weight excluding hydrogens is 260 g/mol. The minimum absolute atomic E-state index is 0.439. The zero-order chi connectivity index (χ0) is 13.1. The number of rotatable bonds is 3. The van der Waals surface area contributed by atoms with E-state index in [0.29, 0.717) is 17.0 Å². The lowest BCUT2D eigenvalue weighted by Gasteiger charge is -2.23. The molecule has 2 aromatic rings. The molecule has 1 aliphatic heterocycles. The van der Waals surface area contributed by atoms with Gasteiger partial charge in [-0.1, -0.05) is 30.2 Å². The first-order valence-corrected chi connectivity index (χ1v) is 7.10. The zero-order valence-electron chi connectivity index (χ0n) is 10.7. The van der Waals surface area contributed by atoms with Crippen LogP contribution in [0.25, 0.3) is 11.0 Å². The molecule has 19 heavy (non-hydrogen) atoms. The number of para-hydroxylation sites is 2. The summed E-state index contributed by atoms with van der Waals surface area (Å²) < 4.78 is 0. The Hall–Kier alpha value is -1.39. The Bertz CT molecular complexity index is 566. The van der Waals surface area contributed by atoms with Gasteiger partial charge in [-0.15, -0.1) is 0 Å². The maximum absolute atomic E-state index is 6.16. The molecule has 2 heterocycles. The molecule has 5 heteroatoms. The largest absolute Gasteiger partial charge is 0.366 e. The van der Waals surface area contributed by atoms with Crippen LogP contribution in [-0.2, 0) is 0 Å². The van der Waals surface area contributed by atoms with Crippen LogP contribution in [-0.4, -0.2) is 29.1 Å². The molecule has 1 atom stereocenters. The number of hydrogen-bond acceptors (Lipinski definition) is 4. The van der Waals surface area contributed by atoms with Gasteiger partial charge < -0.3 is 10.6 Å². The van der Waals surface area contributed by atoms with Crippen LogP contribution < -0.4 is 10.6 Å². The third kappa shape index (κ3) is 2.96. The smallest absolute Gasteiger partial charge is 0.172 e. The number of anilines is 1. The maximum Gasteiger partial charge on any atom is 0.172 e. The van der Waals surface area contributed by atoms with E-state index in [-0.39, 0.29) is 0 Å². The quantitative estimate of drug-likeness (QED) is 0.905. The molecule has 1 aromatic heterocycles. The molecule has 0 radical (unpaired) electrons. The number of nitrogens with one attached hydrogen (secondary N) is 2. The van der Waals surface area contributed by atoms with Crippen LogP contribution in [0, 0.1) is 0 Å².